The summed E-state index contributed by atoms with van der Waals surface area (Å²) in [5, 5.41) is 0.420. The van der Waals surface area contributed by atoms with Crippen LogP contribution in [0.5, 0.6) is 5.75 Å². The van der Waals surface area contributed by atoms with E-state index in [1.165, 1.54) is 30.3 Å². The number of nitrogens with two attached hydrogens (primary N) is 1. The van der Waals surface area contributed by atoms with E-state index >= 15 is 0 Å². The maximum Gasteiger partial charge on any atom is 0.130 e. The average Bonchev–Trinajstić information content (AvgIpc) is 2.41. The Hall–Kier alpha value is -1.65. The maximum atomic E-state index is 13.9. The lowest BCUT2D eigenvalue weighted by molar-refractivity contribution is 0.156. The molecule has 3 rings (SSSR count). The van der Waals surface area contributed by atoms with Gasteiger partial charge in [-0.1, -0.05) is 17.7 Å². The van der Waals surface area contributed by atoms with Gasteiger partial charge < -0.3 is 10.5 Å². The topological polar surface area (TPSA) is 35.2 Å². The third-order valence-corrected chi connectivity index (χ3v) is 3.65. The summed E-state index contributed by atoms with van der Waals surface area (Å²) < 4.78 is 32.8. The second kappa shape index (κ2) is 5.04. The molecule has 0 amide bonds. The number of hydrogen-bond donors (Lipinski definition) is 1. The first-order valence-electron chi connectivity index (χ1n) is 6.21. The van der Waals surface area contributed by atoms with Crippen molar-refractivity contribution in [3.8, 4) is 5.75 Å². The molecule has 0 radical (unpaired) electrons. The van der Waals surface area contributed by atoms with Gasteiger partial charge in [-0.25, -0.2) is 8.78 Å². The lowest BCUT2D eigenvalue weighted by Gasteiger charge is -2.30. The summed E-state index contributed by atoms with van der Waals surface area (Å²) in [7, 11) is 0. The number of halogens is 3. The predicted molar refractivity (Wildman–Crippen MR) is 72.7 cm³/mol. The van der Waals surface area contributed by atoms with Gasteiger partial charge >= 0.3 is 0 Å². The van der Waals surface area contributed by atoms with Crippen LogP contribution < -0.4 is 10.5 Å². The molecule has 5 heteroatoms. The van der Waals surface area contributed by atoms with Gasteiger partial charge in [0.2, 0.25) is 0 Å². The highest BCUT2D eigenvalue weighted by Gasteiger charge is 2.29. The maximum absolute atomic E-state index is 13.9. The molecule has 0 spiro atoms. The number of benzene rings is 2. The van der Waals surface area contributed by atoms with Crippen molar-refractivity contribution in [2.75, 3.05) is 0 Å². The molecule has 2 nitrogen and oxygen atoms in total. The fraction of sp³-hybridized carbons (Fsp3) is 0.200. The first-order chi connectivity index (χ1) is 9.54. The van der Waals surface area contributed by atoms with Crippen LogP contribution in [0.15, 0.2) is 36.4 Å². The van der Waals surface area contributed by atoms with Gasteiger partial charge in [0.05, 0.1) is 0 Å². The summed E-state index contributed by atoms with van der Waals surface area (Å²) in [6.07, 6.45) is -0.159. The van der Waals surface area contributed by atoms with E-state index in [1.807, 2.05) is 0 Å². The molecule has 0 bridgehead atoms. The molecule has 0 aromatic heterocycles. The molecule has 0 aliphatic carbocycles. The molecule has 1 heterocycles. The van der Waals surface area contributed by atoms with E-state index < -0.39 is 17.7 Å². The van der Waals surface area contributed by atoms with Crippen molar-refractivity contribution in [2.45, 2.75) is 18.6 Å². The second-order valence-corrected chi connectivity index (χ2v) is 5.23. The van der Waals surface area contributed by atoms with Gasteiger partial charge in [0, 0.05) is 34.7 Å². The van der Waals surface area contributed by atoms with Crippen molar-refractivity contribution in [1.29, 1.82) is 0 Å². The Morgan fingerprint density at radius 1 is 1.10 bits per heavy atom. The molecule has 2 N–H and O–H groups in total. The zero-order valence-electron chi connectivity index (χ0n) is 10.4. The average molecular weight is 296 g/mol. The third-order valence-electron chi connectivity index (χ3n) is 3.42. The first kappa shape index (κ1) is 13.3. The number of fused-ring (bicyclic) bond motifs is 1. The smallest absolute Gasteiger partial charge is 0.130 e. The summed E-state index contributed by atoms with van der Waals surface area (Å²) in [6.45, 7) is 0. The van der Waals surface area contributed by atoms with Crippen LogP contribution in [-0.4, -0.2) is 0 Å². The molecular formula is C15H12ClF2NO. The summed E-state index contributed by atoms with van der Waals surface area (Å²) >= 11 is 5.88. The predicted octanol–water partition coefficient (Wildman–Crippen LogP) is 4.14. The van der Waals surface area contributed by atoms with Crippen molar-refractivity contribution >= 4 is 11.6 Å². The lowest BCUT2D eigenvalue weighted by atomic mass is 9.93. The summed E-state index contributed by atoms with van der Waals surface area (Å²) in [5.74, 6) is -0.470. The van der Waals surface area contributed by atoms with E-state index in [0.717, 1.165) is 5.56 Å². The molecule has 2 unspecified atom stereocenters. The highest BCUT2D eigenvalue weighted by molar-refractivity contribution is 6.30. The third kappa shape index (κ3) is 2.37. The van der Waals surface area contributed by atoms with Crippen LogP contribution in [0.2, 0.25) is 5.02 Å². The minimum atomic E-state index is -0.571. The van der Waals surface area contributed by atoms with Gasteiger partial charge in [-0.05, 0) is 24.3 Å². The van der Waals surface area contributed by atoms with Crippen LogP contribution in [-0.2, 0) is 0 Å². The minimum Gasteiger partial charge on any atom is -0.485 e. The SMILES string of the molecule is NC1CC(c2cc(Cl)ccc2F)Oc2cc(F)ccc21. The number of rotatable bonds is 1. The molecule has 0 saturated heterocycles. The largest absolute Gasteiger partial charge is 0.485 e. The summed E-state index contributed by atoms with van der Waals surface area (Å²) in [4.78, 5) is 0. The van der Waals surface area contributed by atoms with E-state index in [1.54, 1.807) is 6.07 Å². The number of ether oxygens (including phenoxy) is 1. The lowest BCUT2D eigenvalue weighted by Crippen LogP contribution is -2.24. The number of hydrogen-bond acceptors (Lipinski definition) is 2. The molecule has 1 aliphatic heterocycles. The van der Waals surface area contributed by atoms with E-state index in [9.17, 15) is 8.78 Å². The van der Waals surface area contributed by atoms with Gasteiger partial charge in [-0.2, -0.15) is 0 Å². The van der Waals surface area contributed by atoms with Gasteiger partial charge in [0.25, 0.3) is 0 Å². The molecule has 104 valence electrons. The Morgan fingerprint density at radius 3 is 2.70 bits per heavy atom. The Kier molecular flexibility index (Phi) is 3.36. The Balaban J connectivity index is 2.00. The Morgan fingerprint density at radius 2 is 1.90 bits per heavy atom. The quantitative estimate of drug-likeness (QED) is 0.858. The fourth-order valence-corrected chi connectivity index (χ4v) is 2.61. The molecule has 0 fully saturated rings. The fourth-order valence-electron chi connectivity index (χ4n) is 2.43. The van der Waals surface area contributed by atoms with Crippen molar-refractivity contribution < 1.29 is 13.5 Å². The van der Waals surface area contributed by atoms with Crippen LogP contribution in [0, 0.1) is 11.6 Å². The van der Waals surface area contributed by atoms with Crippen LogP contribution >= 0.6 is 11.6 Å². The van der Waals surface area contributed by atoms with Crippen molar-refractivity contribution in [1.82, 2.24) is 0 Å². The van der Waals surface area contributed by atoms with E-state index in [-0.39, 0.29) is 6.04 Å². The summed E-state index contributed by atoms with van der Waals surface area (Å²) in [6, 6.07) is 8.14. The zero-order chi connectivity index (χ0) is 14.3. The van der Waals surface area contributed by atoms with Crippen molar-refractivity contribution in [3.63, 3.8) is 0 Å². The molecule has 20 heavy (non-hydrogen) atoms. The van der Waals surface area contributed by atoms with Crippen LogP contribution in [0.4, 0.5) is 8.78 Å². The molecule has 1 aliphatic rings. The molecular weight excluding hydrogens is 284 g/mol. The van der Waals surface area contributed by atoms with Gasteiger partial charge in [-0.15, -0.1) is 0 Å². The normalized spacial score (nSPS) is 21.2. The van der Waals surface area contributed by atoms with Gasteiger partial charge in [0.1, 0.15) is 23.5 Å². The summed E-state index contributed by atoms with van der Waals surface area (Å²) in [5.41, 5.74) is 7.12. The monoisotopic (exact) mass is 295 g/mol. The minimum absolute atomic E-state index is 0.331. The molecule has 0 saturated carbocycles. The van der Waals surface area contributed by atoms with E-state index in [0.29, 0.717) is 22.8 Å². The van der Waals surface area contributed by atoms with E-state index in [2.05, 4.69) is 0 Å². The van der Waals surface area contributed by atoms with Gasteiger partial charge in [-0.3, -0.25) is 0 Å². The molecule has 2 aromatic carbocycles. The Bertz CT molecular complexity index is 662. The molecule has 2 atom stereocenters. The van der Waals surface area contributed by atoms with Crippen LogP contribution in [0.1, 0.15) is 29.7 Å². The van der Waals surface area contributed by atoms with Crippen LogP contribution in [0.3, 0.4) is 0 Å². The van der Waals surface area contributed by atoms with Gasteiger partial charge in [0.15, 0.2) is 0 Å². The van der Waals surface area contributed by atoms with E-state index in [4.69, 9.17) is 22.1 Å². The zero-order valence-corrected chi connectivity index (χ0v) is 11.2. The highest BCUT2D eigenvalue weighted by Crippen LogP contribution is 2.40. The highest BCUT2D eigenvalue weighted by atomic mass is 35.5. The second-order valence-electron chi connectivity index (χ2n) is 4.80. The van der Waals surface area contributed by atoms with Crippen LogP contribution in [0.25, 0.3) is 0 Å². The van der Waals surface area contributed by atoms with Crippen molar-refractivity contribution in [2.24, 2.45) is 5.73 Å². The first-order valence-corrected chi connectivity index (χ1v) is 6.59. The Labute approximate surface area is 120 Å². The molecule has 2 aromatic rings. The van der Waals surface area contributed by atoms with Crippen molar-refractivity contribution in [3.05, 3.63) is 64.2 Å². The standard InChI is InChI=1S/C15H12ClF2NO/c16-8-1-4-12(18)11(5-8)15-7-13(19)10-3-2-9(17)6-14(10)20-15/h1-6,13,15H,7,19H2.